The minimum atomic E-state index is -0.654. The summed E-state index contributed by atoms with van der Waals surface area (Å²) in [6, 6.07) is 18.6. The maximum absolute atomic E-state index is 13.1. The lowest BCUT2D eigenvalue weighted by Crippen LogP contribution is -2.39. The molecule has 1 saturated heterocycles. The van der Waals surface area contributed by atoms with Crippen LogP contribution in [-0.2, 0) is 16.8 Å². The van der Waals surface area contributed by atoms with Crippen LogP contribution in [0, 0.1) is 0 Å². The van der Waals surface area contributed by atoms with Crippen LogP contribution < -0.4 is 10.6 Å². The Labute approximate surface area is 183 Å². The van der Waals surface area contributed by atoms with Gasteiger partial charge in [0, 0.05) is 30.9 Å². The molecule has 1 fully saturated rings. The Balaban J connectivity index is 1.25. The number of para-hydroxylation sites is 1. The fourth-order valence-corrected chi connectivity index (χ4v) is 5.03. The van der Waals surface area contributed by atoms with Gasteiger partial charge in [0.1, 0.15) is 0 Å². The summed E-state index contributed by atoms with van der Waals surface area (Å²) < 4.78 is 0. The number of anilines is 1. The lowest BCUT2D eigenvalue weighted by molar-refractivity contribution is -0.120. The first-order chi connectivity index (χ1) is 15.1. The van der Waals surface area contributed by atoms with E-state index in [2.05, 4.69) is 10.6 Å². The van der Waals surface area contributed by atoms with Crippen LogP contribution in [0.15, 0.2) is 66.0 Å². The first-order valence-corrected chi connectivity index (χ1v) is 11.1. The zero-order valence-electron chi connectivity index (χ0n) is 16.8. The van der Waals surface area contributed by atoms with E-state index in [-0.39, 0.29) is 17.7 Å². The summed E-state index contributed by atoms with van der Waals surface area (Å²) in [6.07, 6.45) is 0.619. The molecule has 6 nitrogen and oxygen atoms in total. The Bertz CT molecular complexity index is 1160. The predicted octanol–water partition coefficient (Wildman–Crippen LogP) is 3.41. The number of likely N-dealkylation sites (tertiary alicyclic amines) is 1. The predicted molar refractivity (Wildman–Crippen MR) is 119 cm³/mol. The smallest absolute Gasteiger partial charge is 0.261 e. The lowest BCUT2D eigenvalue weighted by Gasteiger charge is -2.22. The number of benzene rings is 2. The van der Waals surface area contributed by atoms with Gasteiger partial charge >= 0.3 is 0 Å². The molecule has 5 rings (SSSR count). The molecule has 31 heavy (non-hydrogen) atoms. The third-order valence-corrected chi connectivity index (χ3v) is 6.95. The molecular weight excluding hydrogens is 410 g/mol. The molecule has 0 saturated carbocycles. The van der Waals surface area contributed by atoms with Crippen LogP contribution in [0.4, 0.5) is 5.69 Å². The monoisotopic (exact) mass is 431 g/mol. The van der Waals surface area contributed by atoms with E-state index in [1.807, 2.05) is 47.8 Å². The first-order valence-electron chi connectivity index (χ1n) is 10.2. The Morgan fingerprint density at radius 3 is 2.65 bits per heavy atom. The van der Waals surface area contributed by atoms with Crippen LogP contribution >= 0.6 is 11.3 Å². The van der Waals surface area contributed by atoms with Crippen LogP contribution in [0.5, 0.6) is 0 Å². The van der Waals surface area contributed by atoms with Crippen molar-refractivity contribution in [3.63, 3.8) is 0 Å². The fourth-order valence-electron chi connectivity index (χ4n) is 4.39. The Hall–Kier alpha value is -3.45. The summed E-state index contributed by atoms with van der Waals surface area (Å²) >= 11 is 1.40. The number of hydrogen-bond donors (Lipinski definition) is 2. The fraction of sp³-hybridized carbons (Fsp3) is 0.208. The molecule has 2 N–H and O–H groups in total. The van der Waals surface area contributed by atoms with Gasteiger partial charge in [-0.25, -0.2) is 0 Å². The molecule has 1 atom stereocenters. The highest BCUT2D eigenvalue weighted by Crippen LogP contribution is 2.44. The molecule has 3 amide bonds. The Kier molecular flexibility index (Phi) is 4.82. The van der Waals surface area contributed by atoms with Gasteiger partial charge in [0.25, 0.3) is 11.8 Å². The van der Waals surface area contributed by atoms with E-state index in [0.29, 0.717) is 36.5 Å². The van der Waals surface area contributed by atoms with Gasteiger partial charge in [-0.3, -0.25) is 14.4 Å². The topological polar surface area (TPSA) is 78.5 Å². The minimum absolute atomic E-state index is 0.0270. The normalized spacial score (nSPS) is 19.4. The van der Waals surface area contributed by atoms with E-state index in [0.717, 1.165) is 16.8 Å². The maximum Gasteiger partial charge on any atom is 0.261 e. The summed E-state index contributed by atoms with van der Waals surface area (Å²) in [6.45, 7) is 1.32. The zero-order chi connectivity index (χ0) is 21.4. The highest BCUT2D eigenvalue weighted by molar-refractivity contribution is 7.12. The molecule has 1 spiro atoms. The third kappa shape index (κ3) is 3.41. The van der Waals surface area contributed by atoms with Crippen LogP contribution in [0.3, 0.4) is 0 Å². The van der Waals surface area contributed by atoms with Gasteiger partial charge in [-0.15, -0.1) is 11.3 Å². The number of carbonyl (C=O) groups excluding carboxylic acids is 3. The van der Waals surface area contributed by atoms with Crippen LogP contribution in [0.2, 0.25) is 0 Å². The lowest BCUT2D eigenvalue weighted by atomic mass is 9.81. The summed E-state index contributed by atoms with van der Waals surface area (Å²) in [5.41, 5.74) is 2.67. The number of thiophene rings is 1. The van der Waals surface area contributed by atoms with Gasteiger partial charge in [0.15, 0.2) is 0 Å². The molecule has 0 aliphatic carbocycles. The van der Waals surface area contributed by atoms with Gasteiger partial charge in [0.05, 0.1) is 10.3 Å². The van der Waals surface area contributed by atoms with Crippen molar-refractivity contribution in [2.75, 3.05) is 18.4 Å². The second-order valence-corrected chi connectivity index (χ2v) is 8.86. The Morgan fingerprint density at radius 2 is 1.87 bits per heavy atom. The van der Waals surface area contributed by atoms with Crippen molar-refractivity contribution in [3.05, 3.63) is 87.6 Å². The van der Waals surface area contributed by atoms with Crippen molar-refractivity contribution in [3.8, 4) is 0 Å². The summed E-state index contributed by atoms with van der Waals surface area (Å²) in [7, 11) is 0. The van der Waals surface area contributed by atoms with Crippen LogP contribution in [-0.4, -0.2) is 35.7 Å². The number of carbonyl (C=O) groups is 3. The molecule has 2 aromatic carbocycles. The molecular formula is C24H21N3O3S. The summed E-state index contributed by atoms with van der Waals surface area (Å²) in [5.74, 6) is -0.211. The second kappa shape index (κ2) is 7.67. The minimum Gasteiger partial charge on any atom is -0.347 e. The molecule has 7 heteroatoms. The summed E-state index contributed by atoms with van der Waals surface area (Å²) in [4.78, 5) is 40.3. The van der Waals surface area contributed by atoms with E-state index in [1.54, 1.807) is 23.1 Å². The largest absolute Gasteiger partial charge is 0.347 e. The maximum atomic E-state index is 13.1. The molecule has 2 aliphatic rings. The van der Waals surface area contributed by atoms with Crippen molar-refractivity contribution in [1.29, 1.82) is 0 Å². The van der Waals surface area contributed by atoms with Crippen LogP contribution in [0.1, 0.15) is 37.6 Å². The van der Waals surface area contributed by atoms with Gasteiger partial charge < -0.3 is 15.5 Å². The third-order valence-electron chi connectivity index (χ3n) is 6.08. The first kappa shape index (κ1) is 19.5. The van der Waals surface area contributed by atoms with Crippen molar-refractivity contribution in [2.45, 2.75) is 18.4 Å². The number of fused-ring (bicyclic) bond motifs is 2. The molecule has 156 valence electrons. The van der Waals surface area contributed by atoms with Crippen molar-refractivity contribution in [1.82, 2.24) is 10.2 Å². The molecule has 1 unspecified atom stereocenters. The molecule has 0 bridgehead atoms. The molecule has 3 aromatic rings. The van der Waals surface area contributed by atoms with Crippen molar-refractivity contribution < 1.29 is 14.4 Å². The van der Waals surface area contributed by atoms with E-state index >= 15 is 0 Å². The highest BCUT2D eigenvalue weighted by Gasteiger charge is 2.51. The molecule has 1 aromatic heterocycles. The highest BCUT2D eigenvalue weighted by atomic mass is 32.1. The second-order valence-electron chi connectivity index (χ2n) is 7.92. The van der Waals surface area contributed by atoms with Crippen molar-refractivity contribution >= 4 is 34.7 Å². The SMILES string of the molecule is O=C(NCc1ccc(C(=O)N2CCC3(C2)C(=O)Nc2ccccc23)cc1)c1cccs1. The summed E-state index contributed by atoms with van der Waals surface area (Å²) in [5, 5.41) is 7.71. The van der Waals surface area contributed by atoms with E-state index in [1.165, 1.54) is 11.3 Å². The molecule has 3 heterocycles. The van der Waals surface area contributed by atoms with E-state index < -0.39 is 5.41 Å². The Morgan fingerprint density at radius 1 is 1.06 bits per heavy atom. The molecule has 2 aliphatic heterocycles. The van der Waals surface area contributed by atoms with Gasteiger partial charge in [0.2, 0.25) is 5.91 Å². The number of rotatable bonds is 4. The average molecular weight is 432 g/mol. The number of amides is 3. The zero-order valence-corrected chi connectivity index (χ0v) is 17.6. The standard InChI is InChI=1S/C24H21N3O3S/c28-21(20-6-3-13-31-20)25-14-16-7-9-17(10-8-16)22(29)27-12-11-24(15-27)18-4-1-2-5-19(18)26-23(24)30/h1-10,13H,11-12,14-15H2,(H,25,28)(H,26,30). The van der Waals surface area contributed by atoms with Gasteiger partial charge in [-0.1, -0.05) is 36.4 Å². The molecule has 0 radical (unpaired) electrons. The van der Waals surface area contributed by atoms with E-state index in [9.17, 15) is 14.4 Å². The quantitative estimate of drug-likeness (QED) is 0.665. The number of nitrogens with one attached hydrogen (secondary N) is 2. The van der Waals surface area contributed by atoms with Crippen LogP contribution in [0.25, 0.3) is 0 Å². The van der Waals surface area contributed by atoms with Crippen molar-refractivity contribution in [2.24, 2.45) is 0 Å². The number of hydrogen-bond acceptors (Lipinski definition) is 4. The van der Waals surface area contributed by atoms with Gasteiger partial charge in [-0.05, 0) is 47.2 Å². The average Bonchev–Trinajstić information content (AvgIpc) is 3.53. The number of nitrogens with zero attached hydrogens (tertiary/aromatic N) is 1. The van der Waals surface area contributed by atoms with Gasteiger partial charge in [-0.2, -0.15) is 0 Å². The van der Waals surface area contributed by atoms with E-state index in [4.69, 9.17) is 0 Å².